The summed E-state index contributed by atoms with van der Waals surface area (Å²) in [7, 11) is 0. The van der Waals surface area contributed by atoms with Crippen LogP contribution in [0.1, 0.15) is 32.2 Å². The van der Waals surface area contributed by atoms with Crippen molar-refractivity contribution in [2.75, 3.05) is 0 Å². The van der Waals surface area contributed by atoms with E-state index in [1.165, 1.54) is 6.33 Å². The summed E-state index contributed by atoms with van der Waals surface area (Å²) in [5.41, 5.74) is 1.00. The Morgan fingerprint density at radius 2 is 2.05 bits per heavy atom. The Morgan fingerprint density at radius 3 is 2.57 bits per heavy atom. The topological polar surface area (TPSA) is 61.8 Å². The molecule has 1 heterocycles. The summed E-state index contributed by atoms with van der Waals surface area (Å²) in [5, 5.41) is 18.4. The molecule has 0 bridgehead atoms. The first-order valence-corrected chi connectivity index (χ1v) is 7.25. The molecular formula is C15H17Cl2N3O. The van der Waals surface area contributed by atoms with E-state index in [4.69, 9.17) is 23.2 Å². The third kappa shape index (κ3) is 3.84. The van der Waals surface area contributed by atoms with Gasteiger partial charge in [-0.15, -0.1) is 0 Å². The zero-order valence-electron chi connectivity index (χ0n) is 12.1. The Labute approximate surface area is 133 Å². The lowest BCUT2D eigenvalue weighted by atomic mass is 9.83. The fraction of sp³-hybridized carbons (Fsp3) is 0.333. The molecule has 0 aliphatic heterocycles. The lowest BCUT2D eigenvalue weighted by Crippen LogP contribution is -2.27. The van der Waals surface area contributed by atoms with Gasteiger partial charge in [-0.1, -0.05) is 50.0 Å². The van der Waals surface area contributed by atoms with Crippen molar-refractivity contribution < 1.29 is 5.11 Å². The molecule has 2 N–H and O–H groups in total. The standard InChI is InChI=1S/C15H17Cl2N3O/c1-15(2,3)13(21)11(14-18-8-19-20-14)6-9-4-5-10(16)7-12(9)17/h4-8,13,21H,1-3H3,(H,18,19,20)/b11-6-/t13-/m1/s1. The van der Waals surface area contributed by atoms with Crippen molar-refractivity contribution in [3.05, 3.63) is 46.0 Å². The number of halogens is 2. The number of aromatic amines is 1. The van der Waals surface area contributed by atoms with Gasteiger partial charge in [0.2, 0.25) is 0 Å². The van der Waals surface area contributed by atoms with E-state index in [-0.39, 0.29) is 5.41 Å². The number of benzene rings is 1. The molecule has 0 saturated carbocycles. The van der Waals surface area contributed by atoms with Gasteiger partial charge in [0.1, 0.15) is 6.33 Å². The van der Waals surface area contributed by atoms with Crippen LogP contribution in [0.2, 0.25) is 10.0 Å². The third-order valence-electron chi connectivity index (χ3n) is 3.06. The molecular weight excluding hydrogens is 309 g/mol. The summed E-state index contributed by atoms with van der Waals surface area (Å²) in [4.78, 5) is 4.13. The Balaban J connectivity index is 2.52. The zero-order chi connectivity index (χ0) is 15.6. The second kappa shape index (κ2) is 6.18. The average molecular weight is 326 g/mol. The third-order valence-corrected chi connectivity index (χ3v) is 3.62. The summed E-state index contributed by atoms with van der Waals surface area (Å²) < 4.78 is 0. The lowest BCUT2D eigenvalue weighted by Gasteiger charge is -2.27. The molecule has 0 saturated heterocycles. The van der Waals surface area contributed by atoms with Crippen molar-refractivity contribution >= 4 is 34.9 Å². The van der Waals surface area contributed by atoms with Crippen LogP contribution < -0.4 is 0 Å². The fourth-order valence-electron chi connectivity index (χ4n) is 1.87. The number of aromatic nitrogens is 3. The minimum atomic E-state index is -0.736. The van der Waals surface area contributed by atoms with Crippen molar-refractivity contribution in [2.24, 2.45) is 5.41 Å². The van der Waals surface area contributed by atoms with E-state index in [9.17, 15) is 5.11 Å². The molecule has 2 rings (SSSR count). The second-order valence-electron chi connectivity index (χ2n) is 5.86. The number of hydrogen-bond acceptors (Lipinski definition) is 3. The molecule has 6 heteroatoms. The number of nitrogens with one attached hydrogen (secondary N) is 1. The number of rotatable bonds is 3. The quantitative estimate of drug-likeness (QED) is 0.894. The smallest absolute Gasteiger partial charge is 0.179 e. The van der Waals surface area contributed by atoms with Gasteiger partial charge in [-0.3, -0.25) is 5.10 Å². The lowest BCUT2D eigenvalue weighted by molar-refractivity contribution is 0.114. The van der Waals surface area contributed by atoms with Gasteiger partial charge in [-0.05, 0) is 29.2 Å². The van der Waals surface area contributed by atoms with E-state index in [1.807, 2.05) is 20.8 Å². The molecule has 2 aromatic rings. The summed E-state index contributed by atoms with van der Waals surface area (Å²) in [6.07, 6.45) is 2.53. The van der Waals surface area contributed by atoms with E-state index in [0.717, 1.165) is 5.56 Å². The number of aliphatic hydroxyl groups excluding tert-OH is 1. The van der Waals surface area contributed by atoms with Crippen LogP contribution in [-0.4, -0.2) is 26.4 Å². The van der Waals surface area contributed by atoms with Gasteiger partial charge in [-0.2, -0.15) is 5.10 Å². The Morgan fingerprint density at radius 1 is 1.33 bits per heavy atom. The molecule has 1 aromatic heterocycles. The van der Waals surface area contributed by atoms with Crippen LogP contribution >= 0.6 is 23.2 Å². The molecule has 1 atom stereocenters. The average Bonchev–Trinajstić information content (AvgIpc) is 2.90. The maximum absolute atomic E-state index is 10.6. The van der Waals surface area contributed by atoms with Crippen LogP contribution in [0.3, 0.4) is 0 Å². The minimum Gasteiger partial charge on any atom is -0.388 e. The van der Waals surface area contributed by atoms with E-state index >= 15 is 0 Å². The largest absolute Gasteiger partial charge is 0.388 e. The highest BCUT2D eigenvalue weighted by atomic mass is 35.5. The molecule has 0 unspecified atom stereocenters. The molecule has 112 valence electrons. The first-order chi connectivity index (χ1) is 9.79. The van der Waals surface area contributed by atoms with Crippen LogP contribution in [0.15, 0.2) is 24.5 Å². The fourth-order valence-corrected chi connectivity index (χ4v) is 2.33. The molecule has 21 heavy (non-hydrogen) atoms. The first-order valence-electron chi connectivity index (χ1n) is 6.50. The van der Waals surface area contributed by atoms with Crippen LogP contribution in [0.25, 0.3) is 11.6 Å². The van der Waals surface area contributed by atoms with Crippen molar-refractivity contribution in [2.45, 2.75) is 26.9 Å². The number of aliphatic hydroxyl groups is 1. The minimum absolute atomic E-state index is 0.356. The highest BCUT2D eigenvalue weighted by molar-refractivity contribution is 6.35. The van der Waals surface area contributed by atoms with E-state index < -0.39 is 6.10 Å². The Bertz CT molecular complexity index is 645. The highest BCUT2D eigenvalue weighted by Gasteiger charge is 2.28. The van der Waals surface area contributed by atoms with Crippen molar-refractivity contribution in [1.82, 2.24) is 15.2 Å². The number of H-pyrrole nitrogens is 1. The molecule has 0 amide bonds. The predicted molar refractivity (Wildman–Crippen MR) is 86.2 cm³/mol. The van der Waals surface area contributed by atoms with E-state index in [0.29, 0.717) is 21.4 Å². The van der Waals surface area contributed by atoms with Gasteiger partial charge in [0.05, 0.1) is 6.10 Å². The molecule has 1 aromatic carbocycles. The summed E-state index contributed by atoms with van der Waals surface area (Å²) >= 11 is 12.1. The van der Waals surface area contributed by atoms with Crippen molar-refractivity contribution in [3.63, 3.8) is 0 Å². The predicted octanol–water partition coefficient (Wildman–Crippen LogP) is 4.06. The maximum atomic E-state index is 10.6. The summed E-state index contributed by atoms with van der Waals surface area (Å²) in [6, 6.07) is 5.21. The van der Waals surface area contributed by atoms with Crippen LogP contribution in [-0.2, 0) is 0 Å². The van der Waals surface area contributed by atoms with E-state index in [2.05, 4.69) is 15.2 Å². The molecule has 4 nitrogen and oxygen atoms in total. The van der Waals surface area contributed by atoms with Gasteiger partial charge in [-0.25, -0.2) is 4.98 Å². The molecule has 0 aliphatic rings. The summed E-state index contributed by atoms with van der Waals surface area (Å²) in [6.45, 7) is 5.84. The highest BCUT2D eigenvalue weighted by Crippen LogP contribution is 2.32. The Kier molecular flexibility index (Phi) is 4.71. The van der Waals surface area contributed by atoms with Crippen LogP contribution in [0.5, 0.6) is 0 Å². The SMILES string of the molecule is CC(C)(C)[C@H](O)/C(=C/c1ccc(Cl)cc1Cl)c1nc[nH]n1. The van der Waals surface area contributed by atoms with Crippen molar-refractivity contribution in [3.8, 4) is 0 Å². The van der Waals surface area contributed by atoms with E-state index in [1.54, 1.807) is 24.3 Å². The number of nitrogens with zero attached hydrogens (tertiary/aromatic N) is 2. The van der Waals surface area contributed by atoms with Gasteiger partial charge in [0.25, 0.3) is 0 Å². The monoisotopic (exact) mass is 325 g/mol. The first kappa shape index (κ1) is 16.0. The van der Waals surface area contributed by atoms with Crippen molar-refractivity contribution in [1.29, 1.82) is 0 Å². The maximum Gasteiger partial charge on any atom is 0.179 e. The second-order valence-corrected chi connectivity index (χ2v) is 6.70. The molecule has 0 radical (unpaired) electrons. The number of hydrogen-bond donors (Lipinski definition) is 2. The normalized spacial score (nSPS) is 14.3. The van der Waals surface area contributed by atoms with Gasteiger partial charge in [0.15, 0.2) is 5.82 Å². The zero-order valence-corrected chi connectivity index (χ0v) is 13.6. The molecule has 0 aliphatic carbocycles. The summed E-state index contributed by atoms with van der Waals surface area (Å²) in [5.74, 6) is 0.448. The molecule has 0 fully saturated rings. The van der Waals surface area contributed by atoms with Crippen LogP contribution in [0.4, 0.5) is 0 Å². The van der Waals surface area contributed by atoms with Gasteiger partial charge in [0, 0.05) is 15.6 Å². The van der Waals surface area contributed by atoms with Gasteiger partial charge < -0.3 is 5.11 Å². The van der Waals surface area contributed by atoms with Crippen LogP contribution in [0, 0.1) is 5.41 Å². The Hall–Kier alpha value is -1.36. The molecule has 0 spiro atoms. The van der Waals surface area contributed by atoms with Gasteiger partial charge >= 0.3 is 0 Å².